The molecule has 0 fully saturated rings. The smallest absolute Gasteiger partial charge is 0.387 e. The van der Waals surface area contributed by atoms with E-state index in [1.54, 1.807) is 6.07 Å². The number of aliphatic hydroxyl groups excluding tert-OH is 1. The van der Waals surface area contributed by atoms with Crippen molar-refractivity contribution in [3.63, 3.8) is 0 Å². The lowest BCUT2D eigenvalue weighted by atomic mass is 10.2. The monoisotopic (exact) mass is 330 g/mol. The lowest BCUT2D eigenvalue weighted by molar-refractivity contribution is -0.0504. The molecule has 1 rings (SSSR count). The van der Waals surface area contributed by atoms with Gasteiger partial charge in [0.25, 0.3) is 0 Å². The van der Waals surface area contributed by atoms with Crippen LogP contribution in [0.2, 0.25) is 0 Å². The standard InChI is InChI=1S/C8H6Br2F2O2/c9-5-1-4(3-13)2-6(7(5)10)14-8(11)12/h1-2,8,13H,3H2. The molecule has 1 aromatic carbocycles. The highest BCUT2D eigenvalue weighted by Crippen LogP contribution is 2.34. The third-order valence-corrected chi connectivity index (χ3v) is 3.43. The predicted octanol–water partition coefficient (Wildman–Crippen LogP) is 3.31. The summed E-state index contributed by atoms with van der Waals surface area (Å²) in [4.78, 5) is 0. The van der Waals surface area contributed by atoms with Gasteiger partial charge in [0.1, 0.15) is 5.75 Å². The van der Waals surface area contributed by atoms with Gasteiger partial charge in [-0.3, -0.25) is 0 Å². The molecule has 0 radical (unpaired) electrons. The number of aliphatic hydroxyl groups is 1. The minimum atomic E-state index is -2.88. The topological polar surface area (TPSA) is 29.5 Å². The zero-order valence-electron chi connectivity index (χ0n) is 6.81. The van der Waals surface area contributed by atoms with Crippen molar-refractivity contribution in [1.29, 1.82) is 0 Å². The maximum atomic E-state index is 11.9. The van der Waals surface area contributed by atoms with Crippen molar-refractivity contribution in [1.82, 2.24) is 0 Å². The second kappa shape index (κ2) is 5.04. The van der Waals surface area contributed by atoms with Crippen LogP contribution < -0.4 is 4.74 Å². The Kier molecular flexibility index (Phi) is 4.28. The van der Waals surface area contributed by atoms with Crippen LogP contribution >= 0.6 is 31.9 Å². The zero-order valence-corrected chi connectivity index (χ0v) is 9.98. The summed E-state index contributed by atoms with van der Waals surface area (Å²) >= 11 is 6.23. The summed E-state index contributed by atoms with van der Waals surface area (Å²) in [5.74, 6) is -0.00146. The molecule has 0 unspecified atom stereocenters. The fraction of sp³-hybridized carbons (Fsp3) is 0.250. The number of hydrogen-bond donors (Lipinski definition) is 1. The van der Waals surface area contributed by atoms with Crippen LogP contribution in [-0.2, 0) is 6.61 Å². The van der Waals surface area contributed by atoms with Crippen LogP contribution in [0.25, 0.3) is 0 Å². The molecule has 0 spiro atoms. The molecule has 14 heavy (non-hydrogen) atoms. The minimum absolute atomic E-state index is 0.00146. The number of alkyl halides is 2. The van der Waals surface area contributed by atoms with E-state index in [0.29, 0.717) is 14.5 Å². The Bertz CT molecular complexity index is 331. The number of halogens is 4. The van der Waals surface area contributed by atoms with E-state index in [2.05, 4.69) is 36.6 Å². The number of benzene rings is 1. The van der Waals surface area contributed by atoms with Crippen molar-refractivity contribution in [2.45, 2.75) is 13.2 Å². The third-order valence-electron chi connectivity index (χ3n) is 1.45. The van der Waals surface area contributed by atoms with Crippen molar-refractivity contribution in [3.8, 4) is 5.75 Å². The number of hydrogen-bond acceptors (Lipinski definition) is 2. The van der Waals surface area contributed by atoms with Crippen LogP contribution in [0, 0.1) is 0 Å². The van der Waals surface area contributed by atoms with E-state index in [1.165, 1.54) is 6.07 Å². The molecule has 1 aromatic rings. The Labute approximate surface area is 96.1 Å². The van der Waals surface area contributed by atoms with E-state index in [1.807, 2.05) is 0 Å². The van der Waals surface area contributed by atoms with Gasteiger partial charge in [-0.05, 0) is 49.6 Å². The molecule has 0 heterocycles. The Morgan fingerprint density at radius 2 is 2.00 bits per heavy atom. The molecule has 6 heteroatoms. The van der Waals surface area contributed by atoms with Crippen molar-refractivity contribution in [2.24, 2.45) is 0 Å². The molecule has 2 nitrogen and oxygen atoms in total. The lowest BCUT2D eigenvalue weighted by Gasteiger charge is -2.09. The van der Waals surface area contributed by atoms with E-state index in [9.17, 15) is 8.78 Å². The van der Waals surface area contributed by atoms with E-state index < -0.39 is 6.61 Å². The molecular weight excluding hydrogens is 326 g/mol. The summed E-state index contributed by atoms with van der Waals surface area (Å²) in [6.07, 6.45) is 0. The highest BCUT2D eigenvalue weighted by atomic mass is 79.9. The van der Waals surface area contributed by atoms with Crippen molar-refractivity contribution < 1.29 is 18.6 Å². The van der Waals surface area contributed by atoms with Crippen molar-refractivity contribution >= 4 is 31.9 Å². The fourth-order valence-corrected chi connectivity index (χ4v) is 1.70. The van der Waals surface area contributed by atoms with Gasteiger partial charge in [-0.25, -0.2) is 0 Å². The summed E-state index contributed by atoms with van der Waals surface area (Å²) < 4.78 is 29.1. The highest BCUT2D eigenvalue weighted by molar-refractivity contribution is 9.13. The second-order valence-corrected chi connectivity index (χ2v) is 4.07. The first-order valence-electron chi connectivity index (χ1n) is 3.58. The Morgan fingerprint density at radius 3 is 2.50 bits per heavy atom. The average Bonchev–Trinajstić information content (AvgIpc) is 2.11. The summed E-state index contributed by atoms with van der Waals surface area (Å²) in [6.45, 7) is -3.11. The summed E-state index contributed by atoms with van der Waals surface area (Å²) in [6, 6.07) is 2.96. The van der Waals surface area contributed by atoms with Crippen LogP contribution in [0.15, 0.2) is 21.1 Å². The Hall–Kier alpha value is -0.200. The van der Waals surface area contributed by atoms with E-state index in [-0.39, 0.29) is 12.4 Å². The molecule has 78 valence electrons. The molecule has 0 aromatic heterocycles. The molecule has 0 atom stereocenters. The third kappa shape index (κ3) is 2.90. The van der Waals surface area contributed by atoms with Crippen LogP contribution in [-0.4, -0.2) is 11.7 Å². The van der Waals surface area contributed by atoms with E-state index >= 15 is 0 Å². The first-order valence-corrected chi connectivity index (χ1v) is 5.16. The first kappa shape index (κ1) is 11.9. The highest BCUT2D eigenvalue weighted by Gasteiger charge is 2.12. The summed E-state index contributed by atoms with van der Waals surface area (Å²) in [5, 5.41) is 8.83. The maximum Gasteiger partial charge on any atom is 0.387 e. The van der Waals surface area contributed by atoms with Gasteiger partial charge in [-0.1, -0.05) is 0 Å². The van der Waals surface area contributed by atoms with Crippen molar-refractivity contribution in [3.05, 3.63) is 26.6 Å². The lowest BCUT2D eigenvalue weighted by Crippen LogP contribution is -2.03. The second-order valence-electron chi connectivity index (χ2n) is 2.43. The molecule has 0 aliphatic carbocycles. The number of rotatable bonds is 3. The average molecular weight is 332 g/mol. The van der Waals surface area contributed by atoms with Crippen molar-refractivity contribution in [2.75, 3.05) is 0 Å². The van der Waals surface area contributed by atoms with Gasteiger partial charge in [0.2, 0.25) is 0 Å². The largest absolute Gasteiger partial charge is 0.434 e. The van der Waals surface area contributed by atoms with Gasteiger partial charge in [0, 0.05) is 4.47 Å². The molecule has 0 bridgehead atoms. The van der Waals surface area contributed by atoms with Gasteiger partial charge in [0.15, 0.2) is 0 Å². The fourth-order valence-electron chi connectivity index (χ4n) is 0.890. The normalized spacial score (nSPS) is 10.7. The van der Waals surface area contributed by atoms with Gasteiger partial charge in [0.05, 0.1) is 11.1 Å². The SMILES string of the molecule is OCc1cc(Br)c(Br)c(OC(F)F)c1. The molecule has 0 aliphatic rings. The van der Waals surface area contributed by atoms with Crippen LogP contribution in [0.3, 0.4) is 0 Å². The zero-order chi connectivity index (χ0) is 10.7. The van der Waals surface area contributed by atoms with Crippen LogP contribution in [0.4, 0.5) is 8.78 Å². The van der Waals surface area contributed by atoms with Gasteiger partial charge >= 0.3 is 6.61 Å². The van der Waals surface area contributed by atoms with E-state index in [0.717, 1.165) is 0 Å². The molecule has 0 saturated carbocycles. The molecule has 0 saturated heterocycles. The molecule has 0 amide bonds. The first-order chi connectivity index (χ1) is 6.54. The minimum Gasteiger partial charge on any atom is -0.434 e. The molecule has 0 aliphatic heterocycles. The van der Waals surface area contributed by atoms with Gasteiger partial charge in [-0.2, -0.15) is 8.78 Å². The van der Waals surface area contributed by atoms with Gasteiger partial charge < -0.3 is 9.84 Å². The van der Waals surface area contributed by atoms with Crippen LogP contribution in [0.1, 0.15) is 5.56 Å². The maximum absolute atomic E-state index is 11.9. The summed E-state index contributed by atoms with van der Waals surface area (Å²) in [7, 11) is 0. The predicted molar refractivity (Wildman–Crippen MR) is 54.4 cm³/mol. The Balaban J connectivity index is 3.07. The summed E-state index contributed by atoms with van der Waals surface area (Å²) in [5.41, 5.74) is 0.496. The van der Waals surface area contributed by atoms with E-state index in [4.69, 9.17) is 5.11 Å². The Morgan fingerprint density at radius 1 is 1.36 bits per heavy atom. The quantitative estimate of drug-likeness (QED) is 0.920. The number of ether oxygens (including phenoxy) is 1. The molecule has 1 N–H and O–H groups in total. The van der Waals surface area contributed by atoms with Crippen LogP contribution in [0.5, 0.6) is 5.75 Å². The van der Waals surface area contributed by atoms with Gasteiger partial charge in [-0.15, -0.1) is 0 Å². The molecular formula is C8H6Br2F2O2.